The normalized spacial score (nSPS) is 10.8. The highest BCUT2D eigenvalue weighted by atomic mass is 16.4. The molecule has 0 bridgehead atoms. The first-order valence-corrected chi connectivity index (χ1v) is 6.70. The number of rotatable bonds is 5. The van der Waals surface area contributed by atoms with E-state index in [1.54, 1.807) is 18.3 Å². The molecule has 0 spiro atoms. The van der Waals surface area contributed by atoms with E-state index in [-0.39, 0.29) is 5.56 Å². The van der Waals surface area contributed by atoms with Crippen molar-refractivity contribution in [3.05, 3.63) is 65.7 Å². The maximum atomic E-state index is 10.8. The standard InChI is InChI=1S/C15H12N6O2/c22-14(23)12-8-6-11(7-9-12)10-16-17-15-18-19-20-21(15)13-4-2-1-3-5-13/h1-10H,(H,22,23)(H,17,18,20)/b16-10+. The fraction of sp³-hybridized carbons (Fsp3) is 0. The number of tetrazole rings is 1. The maximum absolute atomic E-state index is 10.8. The second-order valence-electron chi connectivity index (χ2n) is 4.55. The van der Waals surface area contributed by atoms with Crippen molar-refractivity contribution in [2.24, 2.45) is 5.10 Å². The molecule has 2 N–H and O–H groups in total. The number of para-hydroxylation sites is 1. The number of hydrogen-bond donors (Lipinski definition) is 2. The molecule has 0 aliphatic heterocycles. The molecule has 0 saturated carbocycles. The van der Waals surface area contributed by atoms with Crippen LogP contribution in [0.15, 0.2) is 59.7 Å². The van der Waals surface area contributed by atoms with Gasteiger partial charge in [-0.15, -0.1) is 0 Å². The first kappa shape index (κ1) is 14.4. The first-order chi connectivity index (χ1) is 11.2. The largest absolute Gasteiger partial charge is 0.478 e. The van der Waals surface area contributed by atoms with E-state index < -0.39 is 5.97 Å². The number of carboxylic acid groups (broad SMARTS) is 1. The highest BCUT2D eigenvalue weighted by Gasteiger charge is 2.06. The predicted octanol–water partition coefficient (Wildman–Crippen LogP) is 1.81. The molecule has 1 aromatic heterocycles. The van der Waals surface area contributed by atoms with Crippen molar-refractivity contribution in [2.45, 2.75) is 0 Å². The lowest BCUT2D eigenvalue weighted by molar-refractivity contribution is 0.0697. The average molecular weight is 308 g/mol. The molecule has 8 nitrogen and oxygen atoms in total. The molecule has 1 heterocycles. The molecule has 0 saturated heterocycles. The molecule has 2 aromatic carbocycles. The van der Waals surface area contributed by atoms with E-state index in [0.717, 1.165) is 11.3 Å². The molecule has 0 radical (unpaired) electrons. The third-order valence-electron chi connectivity index (χ3n) is 3.01. The van der Waals surface area contributed by atoms with Gasteiger partial charge in [-0.25, -0.2) is 10.2 Å². The monoisotopic (exact) mass is 308 g/mol. The van der Waals surface area contributed by atoms with Crippen molar-refractivity contribution in [3.63, 3.8) is 0 Å². The lowest BCUT2D eigenvalue weighted by atomic mass is 10.1. The Kier molecular flexibility index (Phi) is 4.05. The molecule has 3 aromatic rings. The third-order valence-corrected chi connectivity index (χ3v) is 3.01. The molecule has 0 fully saturated rings. The van der Waals surface area contributed by atoms with Gasteiger partial charge in [0, 0.05) is 0 Å². The van der Waals surface area contributed by atoms with Crippen LogP contribution in [0.2, 0.25) is 0 Å². The van der Waals surface area contributed by atoms with Gasteiger partial charge in [0.05, 0.1) is 17.5 Å². The summed E-state index contributed by atoms with van der Waals surface area (Å²) in [7, 11) is 0. The average Bonchev–Trinajstić information content (AvgIpc) is 3.05. The fourth-order valence-electron chi connectivity index (χ4n) is 1.88. The molecule has 0 amide bonds. The quantitative estimate of drug-likeness (QED) is 0.550. The summed E-state index contributed by atoms with van der Waals surface area (Å²) in [6.07, 6.45) is 1.55. The number of carbonyl (C=O) groups is 1. The Morgan fingerprint density at radius 1 is 1.13 bits per heavy atom. The van der Waals surface area contributed by atoms with Crippen LogP contribution in [0.4, 0.5) is 5.95 Å². The van der Waals surface area contributed by atoms with E-state index in [0.29, 0.717) is 5.95 Å². The zero-order chi connectivity index (χ0) is 16.1. The van der Waals surface area contributed by atoms with Gasteiger partial charge in [-0.1, -0.05) is 35.4 Å². The SMILES string of the molecule is O=C(O)c1ccc(/C=N/Nc2nnnn2-c2ccccc2)cc1. The van der Waals surface area contributed by atoms with Gasteiger partial charge in [0.15, 0.2) is 0 Å². The van der Waals surface area contributed by atoms with Crippen molar-refractivity contribution in [3.8, 4) is 5.69 Å². The van der Waals surface area contributed by atoms with Crippen LogP contribution < -0.4 is 5.43 Å². The fourth-order valence-corrected chi connectivity index (χ4v) is 1.88. The van der Waals surface area contributed by atoms with Gasteiger partial charge >= 0.3 is 5.97 Å². The topological polar surface area (TPSA) is 105 Å². The van der Waals surface area contributed by atoms with Crippen molar-refractivity contribution < 1.29 is 9.90 Å². The Morgan fingerprint density at radius 3 is 2.57 bits per heavy atom. The first-order valence-electron chi connectivity index (χ1n) is 6.70. The third kappa shape index (κ3) is 3.38. The van der Waals surface area contributed by atoms with E-state index in [1.807, 2.05) is 30.3 Å². The Labute approximate surface area is 131 Å². The van der Waals surface area contributed by atoms with E-state index in [4.69, 9.17) is 5.11 Å². The van der Waals surface area contributed by atoms with Crippen LogP contribution in [0.25, 0.3) is 5.69 Å². The van der Waals surface area contributed by atoms with Crippen molar-refractivity contribution in [2.75, 3.05) is 5.43 Å². The smallest absolute Gasteiger partial charge is 0.335 e. The number of anilines is 1. The van der Waals surface area contributed by atoms with Gasteiger partial charge in [0.2, 0.25) is 0 Å². The molecule has 0 aliphatic rings. The van der Waals surface area contributed by atoms with Crippen molar-refractivity contribution >= 4 is 18.1 Å². The Balaban J connectivity index is 1.71. The van der Waals surface area contributed by atoms with Gasteiger partial charge < -0.3 is 5.11 Å². The number of nitrogens with zero attached hydrogens (tertiary/aromatic N) is 5. The molecule has 0 unspecified atom stereocenters. The molecule has 0 aliphatic carbocycles. The number of hydrogen-bond acceptors (Lipinski definition) is 6. The van der Waals surface area contributed by atoms with Gasteiger partial charge in [0.1, 0.15) is 0 Å². The zero-order valence-corrected chi connectivity index (χ0v) is 11.9. The number of carboxylic acids is 1. The summed E-state index contributed by atoms with van der Waals surface area (Å²) in [6.45, 7) is 0. The predicted molar refractivity (Wildman–Crippen MR) is 83.8 cm³/mol. The van der Waals surface area contributed by atoms with Crippen LogP contribution in [-0.4, -0.2) is 37.5 Å². The molecule has 0 atom stereocenters. The molecule has 3 rings (SSSR count). The minimum Gasteiger partial charge on any atom is -0.478 e. The summed E-state index contributed by atoms with van der Waals surface area (Å²) in [5, 5.41) is 24.3. The van der Waals surface area contributed by atoms with E-state index in [9.17, 15) is 4.79 Å². The van der Waals surface area contributed by atoms with Gasteiger partial charge in [-0.2, -0.15) is 9.78 Å². The summed E-state index contributed by atoms with van der Waals surface area (Å²) in [6, 6.07) is 15.8. The van der Waals surface area contributed by atoms with Crippen LogP contribution in [0.3, 0.4) is 0 Å². The van der Waals surface area contributed by atoms with Crippen LogP contribution in [0, 0.1) is 0 Å². The number of hydrazone groups is 1. The molecular weight excluding hydrogens is 296 g/mol. The van der Waals surface area contributed by atoms with Crippen LogP contribution in [0.5, 0.6) is 0 Å². The molecular formula is C15H12N6O2. The second kappa shape index (κ2) is 6.48. The van der Waals surface area contributed by atoms with Gasteiger partial charge in [-0.3, -0.25) is 0 Å². The Hall–Kier alpha value is -3.55. The molecule has 8 heteroatoms. The van der Waals surface area contributed by atoms with Gasteiger partial charge in [-0.05, 0) is 40.3 Å². The highest BCUT2D eigenvalue weighted by molar-refractivity contribution is 5.89. The lowest BCUT2D eigenvalue weighted by Crippen LogP contribution is -2.03. The summed E-state index contributed by atoms with van der Waals surface area (Å²) < 4.78 is 1.52. The van der Waals surface area contributed by atoms with Crippen LogP contribution >= 0.6 is 0 Å². The number of benzene rings is 2. The van der Waals surface area contributed by atoms with E-state index >= 15 is 0 Å². The Morgan fingerprint density at radius 2 is 1.87 bits per heavy atom. The summed E-state index contributed by atoms with van der Waals surface area (Å²) in [4.78, 5) is 10.8. The number of nitrogens with one attached hydrogen (secondary N) is 1. The van der Waals surface area contributed by atoms with Gasteiger partial charge in [0.25, 0.3) is 5.95 Å². The van der Waals surface area contributed by atoms with E-state index in [1.165, 1.54) is 16.8 Å². The Bertz CT molecular complexity index is 827. The summed E-state index contributed by atoms with van der Waals surface area (Å²) in [5.41, 5.74) is 4.54. The van der Waals surface area contributed by atoms with Crippen molar-refractivity contribution in [1.29, 1.82) is 0 Å². The van der Waals surface area contributed by atoms with Crippen LogP contribution in [0.1, 0.15) is 15.9 Å². The highest BCUT2D eigenvalue weighted by Crippen LogP contribution is 2.10. The minimum absolute atomic E-state index is 0.225. The van der Waals surface area contributed by atoms with Crippen molar-refractivity contribution in [1.82, 2.24) is 20.2 Å². The summed E-state index contributed by atoms with van der Waals surface area (Å²) in [5.74, 6) is -0.594. The zero-order valence-electron chi connectivity index (χ0n) is 11.9. The second-order valence-corrected chi connectivity index (χ2v) is 4.55. The lowest BCUT2D eigenvalue weighted by Gasteiger charge is -2.02. The minimum atomic E-state index is -0.964. The summed E-state index contributed by atoms with van der Waals surface area (Å²) >= 11 is 0. The maximum Gasteiger partial charge on any atom is 0.335 e. The number of aromatic carboxylic acids is 1. The molecule has 114 valence electrons. The number of aromatic nitrogens is 4. The molecule has 23 heavy (non-hydrogen) atoms. The van der Waals surface area contributed by atoms with Crippen LogP contribution in [-0.2, 0) is 0 Å². The van der Waals surface area contributed by atoms with E-state index in [2.05, 4.69) is 26.1 Å².